The third-order valence-electron chi connectivity index (χ3n) is 3.63. The van der Waals surface area contributed by atoms with Gasteiger partial charge in [-0.15, -0.1) is 11.3 Å². The average Bonchev–Trinajstić information content (AvgIpc) is 3.07. The minimum absolute atomic E-state index is 0.0323. The lowest BCUT2D eigenvalue weighted by atomic mass is 10.3. The van der Waals surface area contributed by atoms with Crippen molar-refractivity contribution in [1.82, 2.24) is 20.2 Å². The Kier molecular flexibility index (Phi) is 7.14. The van der Waals surface area contributed by atoms with Crippen LogP contribution in [0.5, 0.6) is 0 Å². The molecule has 0 aliphatic rings. The maximum atomic E-state index is 5.31. The van der Waals surface area contributed by atoms with Crippen LogP contribution in [0.25, 0.3) is 0 Å². The van der Waals surface area contributed by atoms with Crippen LogP contribution in [0.3, 0.4) is 0 Å². The number of pyridine rings is 1. The summed E-state index contributed by atoms with van der Waals surface area (Å²) in [6, 6.07) is 5.96. The van der Waals surface area contributed by atoms with Crippen LogP contribution in [0, 0.1) is 0 Å². The van der Waals surface area contributed by atoms with Gasteiger partial charge in [0, 0.05) is 51.4 Å². The summed E-state index contributed by atoms with van der Waals surface area (Å²) in [4.78, 5) is 15.4. The van der Waals surface area contributed by atoms with Crippen molar-refractivity contribution in [3.63, 3.8) is 0 Å². The molecule has 6 nitrogen and oxygen atoms in total. The normalized spacial score (nSPS) is 12.9. The lowest BCUT2D eigenvalue weighted by Gasteiger charge is -2.21. The lowest BCUT2D eigenvalue weighted by molar-refractivity contribution is 0.119. The second-order valence-electron chi connectivity index (χ2n) is 5.46. The molecule has 2 aromatic rings. The molecular formula is C17H25N5OS. The van der Waals surface area contributed by atoms with Gasteiger partial charge in [-0.2, -0.15) is 0 Å². The number of guanidine groups is 1. The van der Waals surface area contributed by atoms with E-state index in [0.29, 0.717) is 6.54 Å². The first-order valence-electron chi connectivity index (χ1n) is 7.92. The van der Waals surface area contributed by atoms with Crippen molar-refractivity contribution in [2.75, 3.05) is 27.7 Å². The molecule has 130 valence electrons. The highest BCUT2D eigenvalue weighted by atomic mass is 32.1. The molecule has 1 unspecified atom stereocenters. The molecule has 0 radical (unpaired) electrons. The zero-order valence-corrected chi connectivity index (χ0v) is 15.5. The molecule has 0 bridgehead atoms. The molecule has 0 aliphatic heterocycles. The van der Waals surface area contributed by atoms with E-state index < -0.39 is 0 Å². The Bertz CT molecular complexity index is 643. The van der Waals surface area contributed by atoms with Gasteiger partial charge < -0.3 is 15.0 Å². The molecule has 0 spiro atoms. The van der Waals surface area contributed by atoms with Crippen molar-refractivity contribution in [3.05, 3.63) is 46.2 Å². The highest BCUT2D eigenvalue weighted by molar-refractivity contribution is 7.09. The van der Waals surface area contributed by atoms with E-state index >= 15 is 0 Å². The van der Waals surface area contributed by atoms with Crippen molar-refractivity contribution in [3.8, 4) is 0 Å². The molecule has 0 fully saturated rings. The molecule has 2 rings (SSSR count). The minimum atomic E-state index is 0.0323. The van der Waals surface area contributed by atoms with Crippen LogP contribution in [0.4, 0.5) is 0 Å². The number of methoxy groups -OCH3 is 1. The zero-order valence-electron chi connectivity index (χ0n) is 14.7. The van der Waals surface area contributed by atoms with Gasteiger partial charge in [-0.05, 0) is 19.1 Å². The molecule has 24 heavy (non-hydrogen) atoms. The summed E-state index contributed by atoms with van der Waals surface area (Å²) in [5.74, 6) is 0.847. The van der Waals surface area contributed by atoms with Crippen LogP contribution >= 0.6 is 11.3 Å². The summed E-state index contributed by atoms with van der Waals surface area (Å²) in [5, 5.41) is 6.44. The van der Waals surface area contributed by atoms with Crippen molar-refractivity contribution in [1.29, 1.82) is 0 Å². The van der Waals surface area contributed by atoms with Crippen LogP contribution in [-0.2, 0) is 17.7 Å². The van der Waals surface area contributed by atoms with E-state index in [1.165, 1.54) is 0 Å². The third-order valence-corrected chi connectivity index (χ3v) is 4.69. The number of aliphatic imine (C=N–C) groups is 1. The molecule has 0 aromatic carbocycles. The second-order valence-corrected chi connectivity index (χ2v) is 6.35. The highest BCUT2D eigenvalue weighted by Crippen LogP contribution is 2.20. The maximum Gasteiger partial charge on any atom is 0.193 e. The third kappa shape index (κ3) is 5.28. The van der Waals surface area contributed by atoms with Gasteiger partial charge in [0.05, 0.1) is 12.2 Å². The first-order valence-corrected chi connectivity index (χ1v) is 8.80. The standard InChI is InChI=1S/C17H25N5OS/c1-13(23-4)16-21-15(12-24-16)11-22(3)17(18-2)20-10-8-14-7-5-6-9-19-14/h5-7,9,12-13H,8,10-11H2,1-4H3,(H,18,20). The Morgan fingerprint density at radius 3 is 2.92 bits per heavy atom. The molecular weight excluding hydrogens is 322 g/mol. The number of ether oxygens (including phenoxy) is 1. The summed E-state index contributed by atoms with van der Waals surface area (Å²) < 4.78 is 5.31. The van der Waals surface area contributed by atoms with Gasteiger partial charge in [0.15, 0.2) is 5.96 Å². The van der Waals surface area contributed by atoms with E-state index in [9.17, 15) is 0 Å². The van der Waals surface area contributed by atoms with Crippen molar-refractivity contribution < 1.29 is 4.74 Å². The van der Waals surface area contributed by atoms with Gasteiger partial charge in [-0.3, -0.25) is 9.98 Å². The Morgan fingerprint density at radius 1 is 1.42 bits per heavy atom. The number of aromatic nitrogens is 2. The summed E-state index contributed by atoms with van der Waals surface area (Å²) in [6.07, 6.45) is 2.71. The monoisotopic (exact) mass is 347 g/mol. The van der Waals surface area contributed by atoms with Gasteiger partial charge in [-0.1, -0.05) is 6.07 Å². The molecule has 7 heteroatoms. The van der Waals surface area contributed by atoms with Gasteiger partial charge >= 0.3 is 0 Å². The summed E-state index contributed by atoms with van der Waals surface area (Å²) in [6.45, 7) is 3.50. The SMILES string of the molecule is CN=C(NCCc1ccccn1)N(C)Cc1csc(C(C)OC)n1. The predicted octanol–water partition coefficient (Wildman–Crippen LogP) is 2.50. The van der Waals surface area contributed by atoms with E-state index in [1.54, 1.807) is 25.5 Å². The van der Waals surface area contributed by atoms with E-state index in [-0.39, 0.29) is 6.10 Å². The van der Waals surface area contributed by atoms with Crippen molar-refractivity contribution in [2.24, 2.45) is 4.99 Å². The number of nitrogens with zero attached hydrogens (tertiary/aromatic N) is 4. The van der Waals surface area contributed by atoms with Gasteiger partial charge in [-0.25, -0.2) is 4.98 Å². The molecule has 1 atom stereocenters. The van der Waals surface area contributed by atoms with Gasteiger partial charge in [0.2, 0.25) is 0 Å². The van der Waals surface area contributed by atoms with E-state index in [2.05, 4.69) is 30.6 Å². The smallest absolute Gasteiger partial charge is 0.193 e. The van der Waals surface area contributed by atoms with E-state index in [1.807, 2.05) is 38.4 Å². The predicted molar refractivity (Wildman–Crippen MR) is 98.3 cm³/mol. The maximum absolute atomic E-state index is 5.31. The van der Waals surface area contributed by atoms with Crippen LogP contribution in [0.2, 0.25) is 0 Å². The van der Waals surface area contributed by atoms with Gasteiger partial charge in [0.25, 0.3) is 0 Å². The quantitative estimate of drug-likeness (QED) is 0.616. The van der Waals surface area contributed by atoms with E-state index in [0.717, 1.165) is 35.3 Å². The molecule has 0 aliphatic carbocycles. The Balaban J connectivity index is 1.85. The Morgan fingerprint density at radius 2 is 2.25 bits per heavy atom. The summed E-state index contributed by atoms with van der Waals surface area (Å²) >= 11 is 1.63. The van der Waals surface area contributed by atoms with Crippen molar-refractivity contribution >= 4 is 17.3 Å². The van der Waals surface area contributed by atoms with E-state index in [4.69, 9.17) is 4.74 Å². The van der Waals surface area contributed by atoms with Crippen LogP contribution < -0.4 is 5.32 Å². The fourth-order valence-electron chi connectivity index (χ4n) is 2.23. The summed E-state index contributed by atoms with van der Waals surface area (Å²) in [7, 11) is 5.50. The van der Waals surface area contributed by atoms with Crippen molar-refractivity contribution in [2.45, 2.75) is 26.0 Å². The first kappa shape index (κ1) is 18.4. The molecule has 2 heterocycles. The minimum Gasteiger partial charge on any atom is -0.375 e. The largest absolute Gasteiger partial charge is 0.375 e. The fourth-order valence-corrected chi connectivity index (χ4v) is 3.08. The molecule has 0 saturated heterocycles. The molecule has 0 saturated carbocycles. The fraction of sp³-hybridized carbons (Fsp3) is 0.471. The summed E-state index contributed by atoms with van der Waals surface area (Å²) in [5.41, 5.74) is 2.09. The van der Waals surface area contributed by atoms with Crippen LogP contribution in [-0.4, -0.2) is 48.6 Å². The second kappa shape index (κ2) is 9.34. The zero-order chi connectivity index (χ0) is 17.4. The number of nitrogens with one attached hydrogen (secondary N) is 1. The van der Waals surface area contributed by atoms with Crippen LogP contribution in [0.1, 0.15) is 29.4 Å². The first-order chi connectivity index (χ1) is 11.6. The molecule has 1 N–H and O–H groups in total. The number of hydrogen-bond acceptors (Lipinski definition) is 5. The number of rotatable bonds is 7. The van der Waals surface area contributed by atoms with Gasteiger partial charge in [0.1, 0.15) is 11.1 Å². The molecule has 0 amide bonds. The highest BCUT2D eigenvalue weighted by Gasteiger charge is 2.12. The Labute approximate surface area is 147 Å². The lowest BCUT2D eigenvalue weighted by Crippen LogP contribution is -2.39. The number of thiazole rings is 1. The molecule has 2 aromatic heterocycles. The topological polar surface area (TPSA) is 62.6 Å². The number of hydrogen-bond donors (Lipinski definition) is 1. The van der Waals surface area contributed by atoms with Crippen LogP contribution in [0.15, 0.2) is 34.8 Å². The Hall–Kier alpha value is -1.99. The average molecular weight is 347 g/mol.